The van der Waals surface area contributed by atoms with Crippen LogP contribution in [-0.2, 0) is 32.3 Å². The molecule has 0 unspecified atom stereocenters. The Labute approximate surface area is 261 Å². The number of aliphatic hydroxyl groups excluding tert-OH is 1. The second-order valence-corrected chi connectivity index (χ2v) is 12.2. The molecule has 2 aromatic carbocycles. The first kappa shape index (κ1) is 32.7. The van der Waals surface area contributed by atoms with Gasteiger partial charge in [-0.2, -0.15) is 4.98 Å². The Morgan fingerprint density at radius 1 is 1.18 bits per heavy atom. The van der Waals surface area contributed by atoms with Gasteiger partial charge in [0.05, 0.1) is 24.9 Å². The number of nitrogens with zero attached hydrogens (tertiary/aromatic N) is 2. The third kappa shape index (κ3) is 7.77. The summed E-state index contributed by atoms with van der Waals surface area (Å²) in [5, 5.41) is 24.5. The van der Waals surface area contributed by atoms with Gasteiger partial charge in [0, 0.05) is 17.6 Å². The van der Waals surface area contributed by atoms with Crippen LogP contribution in [0.4, 0.5) is 10.6 Å². The number of phosphoric acid groups is 1. The summed E-state index contributed by atoms with van der Waals surface area (Å²) in [4.78, 5) is 40.5. The Balaban J connectivity index is 1.16. The van der Waals surface area contributed by atoms with Crippen LogP contribution in [0.2, 0.25) is 5.02 Å². The molecular weight excluding hydrogens is 637 g/mol. The van der Waals surface area contributed by atoms with E-state index < -0.39 is 69.1 Å². The van der Waals surface area contributed by atoms with E-state index in [0.29, 0.717) is 17.0 Å². The van der Waals surface area contributed by atoms with Crippen molar-refractivity contribution in [2.45, 2.75) is 43.5 Å². The topological polar surface area (TPSA) is 194 Å². The van der Waals surface area contributed by atoms with Crippen LogP contribution in [0.15, 0.2) is 71.7 Å². The fourth-order valence-electron chi connectivity index (χ4n) is 4.65. The Morgan fingerprint density at radius 2 is 1.96 bits per heavy atom. The standard InChI is InChI=1S/C28H29ClN3O12P/c1-28(37)23(33)21(15-42-45(38)41-13-11-20(44-45)18-8-5-9-19(29)14-18)43-25(28)32-12-10-22(30-26(32)35)31-27(36)40-16-39-24(34)17-6-3-2-4-7-17/h2-10,12,14,20-21,23,25,33,37H,11,13,15-16H2,1H3,(H,30,31,35,36)/t20-,21+,23+,25+,28+,45+/m0/s1. The smallest absolute Gasteiger partial charge is 0.424 e. The van der Waals surface area contributed by atoms with Crippen molar-refractivity contribution in [2.75, 3.05) is 25.3 Å². The summed E-state index contributed by atoms with van der Waals surface area (Å²) in [6.45, 7) is 0.0908. The Bertz CT molecular complexity index is 1640. The first-order chi connectivity index (χ1) is 21.4. The van der Waals surface area contributed by atoms with Crippen molar-refractivity contribution in [3.05, 3.63) is 93.5 Å². The van der Waals surface area contributed by atoms with Gasteiger partial charge in [0.15, 0.2) is 6.23 Å². The molecule has 5 rings (SSSR count). The fourth-order valence-corrected chi connectivity index (χ4v) is 6.24. The Morgan fingerprint density at radius 3 is 2.69 bits per heavy atom. The first-order valence-electron chi connectivity index (χ1n) is 13.6. The molecule has 17 heteroatoms. The highest BCUT2D eigenvalue weighted by atomic mass is 35.5. The molecule has 3 aromatic rings. The lowest BCUT2D eigenvalue weighted by atomic mass is 9.96. The number of carbonyl (C=O) groups is 2. The predicted octanol–water partition coefficient (Wildman–Crippen LogP) is 3.57. The molecule has 240 valence electrons. The lowest BCUT2D eigenvalue weighted by molar-refractivity contribution is -0.0989. The minimum Gasteiger partial charge on any atom is -0.424 e. The second kappa shape index (κ2) is 13.8. The van der Waals surface area contributed by atoms with Gasteiger partial charge >= 0.3 is 25.6 Å². The number of carbonyl (C=O) groups excluding carboxylic acids is 2. The zero-order valence-corrected chi connectivity index (χ0v) is 25.3. The van der Waals surface area contributed by atoms with Gasteiger partial charge in [-0.15, -0.1) is 0 Å². The number of benzene rings is 2. The number of rotatable bonds is 9. The molecule has 2 fully saturated rings. The molecule has 1 amide bonds. The molecule has 6 atom stereocenters. The molecule has 1 aromatic heterocycles. The maximum atomic E-state index is 13.2. The summed E-state index contributed by atoms with van der Waals surface area (Å²) in [6.07, 6.45) is -4.42. The van der Waals surface area contributed by atoms with Crippen molar-refractivity contribution < 1.29 is 52.1 Å². The third-order valence-corrected chi connectivity index (χ3v) is 8.67. The van der Waals surface area contributed by atoms with Crippen LogP contribution in [0.1, 0.15) is 41.6 Å². The minimum absolute atomic E-state index is 0.0662. The van der Waals surface area contributed by atoms with Crippen molar-refractivity contribution in [3.8, 4) is 0 Å². The number of hydrogen-bond acceptors (Lipinski definition) is 13. The van der Waals surface area contributed by atoms with Gasteiger partial charge in [0.1, 0.15) is 23.6 Å². The Hall–Kier alpha value is -3.66. The molecule has 0 spiro atoms. The van der Waals surface area contributed by atoms with E-state index >= 15 is 0 Å². The van der Waals surface area contributed by atoms with Crippen LogP contribution in [0.3, 0.4) is 0 Å². The number of aromatic nitrogens is 2. The number of aliphatic hydroxyl groups is 2. The molecule has 2 saturated heterocycles. The largest absolute Gasteiger partial charge is 0.475 e. The molecule has 0 saturated carbocycles. The van der Waals surface area contributed by atoms with Crippen LogP contribution in [0.25, 0.3) is 0 Å². The number of anilines is 1. The summed E-state index contributed by atoms with van der Waals surface area (Å²) in [6, 6.07) is 16.1. The highest BCUT2D eigenvalue weighted by Gasteiger charge is 2.54. The number of halogens is 1. The van der Waals surface area contributed by atoms with E-state index in [9.17, 15) is 29.2 Å². The minimum atomic E-state index is -4.10. The molecule has 2 aliphatic heterocycles. The van der Waals surface area contributed by atoms with E-state index in [4.69, 9.17) is 39.4 Å². The Kier molecular flexibility index (Phi) is 10.0. The van der Waals surface area contributed by atoms with Crippen LogP contribution in [-0.4, -0.2) is 69.6 Å². The molecule has 2 aliphatic rings. The van der Waals surface area contributed by atoms with Gasteiger partial charge in [-0.1, -0.05) is 41.9 Å². The van der Waals surface area contributed by atoms with Crippen molar-refractivity contribution >= 4 is 37.3 Å². The van der Waals surface area contributed by atoms with Crippen molar-refractivity contribution in [2.24, 2.45) is 0 Å². The maximum absolute atomic E-state index is 13.2. The number of nitrogens with one attached hydrogen (secondary N) is 1. The van der Waals surface area contributed by atoms with E-state index in [-0.39, 0.29) is 18.0 Å². The number of ether oxygens (including phenoxy) is 3. The van der Waals surface area contributed by atoms with Gasteiger partial charge in [-0.05, 0) is 42.8 Å². The summed E-state index contributed by atoms with van der Waals surface area (Å²) in [7, 11) is -4.10. The lowest BCUT2D eigenvalue weighted by Crippen LogP contribution is -2.46. The lowest BCUT2D eigenvalue weighted by Gasteiger charge is -2.30. The number of amides is 1. The number of esters is 1. The zero-order chi connectivity index (χ0) is 32.2. The number of phosphoric ester groups is 1. The molecule has 45 heavy (non-hydrogen) atoms. The van der Waals surface area contributed by atoms with Gasteiger partial charge < -0.3 is 24.4 Å². The predicted molar refractivity (Wildman–Crippen MR) is 155 cm³/mol. The average molecular weight is 666 g/mol. The van der Waals surface area contributed by atoms with Gasteiger partial charge in [0.25, 0.3) is 0 Å². The normalized spacial score (nSPS) is 27.9. The van der Waals surface area contributed by atoms with E-state index in [2.05, 4.69) is 10.3 Å². The van der Waals surface area contributed by atoms with Crippen LogP contribution < -0.4 is 11.0 Å². The molecule has 3 heterocycles. The van der Waals surface area contributed by atoms with Gasteiger partial charge in [0.2, 0.25) is 6.79 Å². The van der Waals surface area contributed by atoms with Gasteiger partial charge in [-0.3, -0.25) is 23.5 Å². The highest BCUT2D eigenvalue weighted by Crippen LogP contribution is 2.57. The van der Waals surface area contributed by atoms with Crippen molar-refractivity contribution in [1.82, 2.24) is 9.55 Å². The van der Waals surface area contributed by atoms with E-state index in [1.54, 1.807) is 42.5 Å². The van der Waals surface area contributed by atoms with Gasteiger partial charge in [-0.25, -0.2) is 18.9 Å². The number of hydrogen-bond donors (Lipinski definition) is 3. The summed E-state index contributed by atoms with van der Waals surface area (Å²) < 4.78 is 45.8. The third-order valence-electron chi connectivity index (χ3n) is 6.96. The van der Waals surface area contributed by atoms with Crippen molar-refractivity contribution in [3.63, 3.8) is 0 Å². The first-order valence-corrected chi connectivity index (χ1v) is 15.4. The fraction of sp³-hybridized carbons (Fsp3) is 0.357. The zero-order valence-electron chi connectivity index (χ0n) is 23.7. The SMILES string of the molecule is C[C@@]1(O)[C@H](O)[C@@H](CO[P@@]2(=O)OCC[C@@H](c3cccc(Cl)c3)O2)O[C@H]1n1ccc(NC(=O)OCOC(=O)c2ccccc2)nc1=O. The van der Waals surface area contributed by atoms with Crippen molar-refractivity contribution in [1.29, 1.82) is 0 Å². The summed E-state index contributed by atoms with van der Waals surface area (Å²) in [5.74, 6) is -0.917. The van der Waals surface area contributed by atoms with Crippen LogP contribution in [0, 0.1) is 0 Å². The monoisotopic (exact) mass is 665 g/mol. The molecule has 15 nitrogen and oxygen atoms in total. The molecule has 3 N–H and O–H groups in total. The molecular formula is C28H29ClN3O12P. The van der Waals surface area contributed by atoms with Crippen LogP contribution >= 0.6 is 19.4 Å². The molecule has 0 radical (unpaired) electrons. The quantitative estimate of drug-likeness (QED) is 0.171. The van der Waals surface area contributed by atoms with E-state index in [0.717, 1.165) is 4.57 Å². The molecule has 0 aliphatic carbocycles. The summed E-state index contributed by atoms with van der Waals surface area (Å²) >= 11 is 6.05. The van der Waals surface area contributed by atoms with Crippen LogP contribution in [0.5, 0.6) is 0 Å². The second-order valence-electron chi connectivity index (χ2n) is 10.2. The average Bonchev–Trinajstić information content (AvgIpc) is 3.24. The summed E-state index contributed by atoms with van der Waals surface area (Å²) in [5.41, 5.74) is -2.04. The highest BCUT2D eigenvalue weighted by molar-refractivity contribution is 7.48. The van der Waals surface area contributed by atoms with E-state index in [1.807, 2.05) is 0 Å². The molecule has 0 bridgehead atoms. The maximum Gasteiger partial charge on any atom is 0.475 e. The van der Waals surface area contributed by atoms with E-state index in [1.165, 1.54) is 31.3 Å².